The van der Waals surface area contributed by atoms with E-state index < -0.39 is 0 Å². The molecule has 82 valence electrons. The van der Waals surface area contributed by atoms with E-state index in [0.29, 0.717) is 5.76 Å². The minimum Gasteiger partial charge on any atom is -0.508 e. The van der Waals surface area contributed by atoms with E-state index in [4.69, 9.17) is 0 Å². The third kappa shape index (κ3) is 6.55. The summed E-state index contributed by atoms with van der Waals surface area (Å²) in [5.74, 6) is 0.328. The topological polar surface area (TPSA) is 20.2 Å². The van der Waals surface area contributed by atoms with E-state index in [2.05, 4.69) is 6.58 Å². The molecule has 0 bridgehead atoms. The molecule has 1 aliphatic carbocycles. The molecule has 0 saturated heterocycles. The van der Waals surface area contributed by atoms with Gasteiger partial charge in [-0.3, -0.25) is 0 Å². The van der Waals surface area contributed by atoms with E-state index in [1.807, 2.05) is 44.2 Å². The maximum absolute atomic E-state index is 9.18. The van der Waals surface area contributed by atoms with Crippen molar-refractivity contribution >= 4 is 0 Å². The van der Waals surface area contributed by atoms with Crippen molar-refractivity contribution in [1.82, 2.24) is 0 Å². The standard InChI is InChI=1S/C12H14O.C2H6/c1-2-3-4-5-7-11-8-6-9-12(13)10-11;1-2/h2,4-7,9-10,13H,1,3,8H2;1-2H3/b5-4-,11-7+;. The molecule has 0 saturated carbocycles. The van der Waals surface area contributed by atoms with Gasteiger partial charge in [0, 0.05) is 0 Å². The first kappa shape index (κ1) is 13.5. The van der Waals surface area contributed by atoms with E-state index in [1.54, 1.807) is 12.2 Å². The first-order chi connectivity index (χ1) is 7.33. The lowest BCUT2D eigenvalue weighted by atomic mass is 10.1. The molecule has 15 heavy (non-hydrogen) atoms. The summed E-state index contributed by atoms with van der Waals surface area (Å²) in [6.07, 6.45) is 15.1. The number of rotatable bonds is 3. The summed E-state index contributed by atoms with van der Waals surface area (Å²) in [6, 6.07) is 0. The highest BCUT2D eigenvalue weighted by Gasteiger charge is 1.97. The van der Waals surface area contributed by atoms with E-state index in [9.17, 15) is 5.11 Å². The zero-order chi connectivity index (χ0) is 11.5. The van der Waals surface area contributed by atoms with E-state index in [-0.39, 0.29) is 0 Å². The Balaban J connectivity index is 0.000000921. The molecule has 0 aromatic heterocycles. The van der Waals surface area contributed by atoms with Gasteiger partial charge in [-0.1, -0.05) is 44.2 Å². The summed E-state index contributed by atoms with van der Waals surface area (Å²) in [5.41, 5.74) is 1.13. The van der Waals surface area contributed by atoms with Crippen molar-refractivity contribution in [3.05, 3.63) is 60.4 Å². The van der Waals surface area contributed by atoms with Crippen LogP contribution in [0, 0.1) is 0 Å². The van der Waals surface area contributed by atoms with E-state index in [1.165, 1.54) is 0 Å². The maximum atomic E-state index is 9.18. The van der Waals surface area contributed by atoms with Crippen molar-refractivity contribution in [3.8, 4) is 0 Å². The van der Waals surface area contributed by atoms with Crippen LogP contribution < -0.4 is 0 Å². The fourth-order valence-electron chi connectivity index (χ4n) is 1.10. The smallest absolute Gasteiger partial charge is 0.115 e. The Morgan fingerprint density at radius 3 is 2.80 bits per heavy atom. The molecule has 1 nitrogen and oxygen atoms in total. The molecule has 0 amide bonds. The van der Waals surface area contributed by atoms with Crippen LogP contribution in [0.1, 0.15) is 26.7 Å². The van der Waals surface area contributed by atoms with Crippen molar-refractivity contribution in [2.45, 2.75) is 26.7 Å². The lowest BCUT2D eigenvalue weighted by Gasteiger charge is -2.02. The van der Waals surface area contributed by atoms with Gasteiger partial charge < -0.3 is 5.11 Å². The summed E-state index contributed by atoms with van der Waals surface area (Å²) in [6.45, 7) is 7.62. The molecule has 1 rings (SSSR count). The zero-order valence-corrected chi connectivity index (χ0v) is 9.61. The van der Waals surface area contributed by atoms with Crippen molar-refractivity contribution in [2.24, 2.45) is 0 Å². The van der Waals surface area contributed by atoms with Crippen LogP contribution in [-0.4, -0.2) is 5.11 Å². The fraction of sp³-hybridized carbons (Fsp3) is 0.286. The quantitative estimate of drug-likeness (QED) is 0.672. The second kappa shape index (κ2) is 9.07. The van der Waals surface area contributed by atoms with Gasteiger partial charge >= 0.3 is 0 Å². The summed E-state index contributed by atoms with van der Waals surface area (Å²) in [5, 5.41) is 9.18. The molecule has 0 atom stereocenters. The zero-order valence-electron chi connectivity index (χ0n) is 9.61. The number of allylic oxidation sites excluding steroid dienone is 8. The van der Waals surface area contributed by atoms with Gasteiger partial charge in [-0.15, -0.1) is 6.58 Å². The SMILES string of the molecule is C=CC/C=C\C=C1\C=C(O)C=CC1.CC. The third-order valence-corrected chi connectivity index (χ3v) is 1.72. The van der Waals surface area contributed by atoms with Gasteiger partial charge in [0.15, 0.2) is 0 Å². The molecule has 0 aromatic rings. The summed E-state index contributed by atoms with van der Waals surface area (Å²) in [7, 11) is 0. The largest absolute Gasteiger partial charge is 0.508 e. The van der Waals surface area contributed by atoms with Crippen molar-refractivity contribution < 1.29 is 5.11 Å². The second-order valence-corrected chi connectivity index (χ2v) is 2.87. The van der Waals surface area contributed by atoms with Crippen LogP contribution in [0.5, 0.6) is 0 Å². The van der Waals surface area contributed by atoms with Gasteiger partial charge in [0.1, 0.15) is 5.76 Å². The van der Waals surface area contributed by atoms with Crippen LogP contribution in [-0.2, 0) is 0 Å². The Bertz CT molecular complexity index is 290. The van der Waals surface area contributed by atoms with Crippen molar-refractivity contribution in [2.75, 3.05) is 0 Å². The van der Waals surface area contributed by atoms with E-state index in [0.717, 1.165) is 18.4 Å². The Hall–Kier alpha value is -1.50. The average molecular weight is 204 g/mol. The average Bonchev–Trinajstić information content (AvgIpc) is 2.27. The van der Waals surface area contributed by atoms with Crippen LogP contribution >= 0.6 is 0 Å². The first-order valence-electron chi connectivity index (χ1n) is 5.36. The minimum absolute atomic E-state index is 0.328. The molecule has 0 fully saturated rings. The van der Waals surface area contributed by atoms with Crippen LogP contribution in [0.4, 0.5) is 0 Å². The van der Waals surface area contributed by atoms with Crippen LogP contribution in [0.3, 0.4) is 0 Å². The van der Waals surface area contributed by atoms with Gasteiger partial charge in [0.05, 0.1) is 0 Å². The van der Waals surface area contributed by atoms with Crippen LogP contribution in [0.2, 0.25) is 0 Å². The molecule has 0 heterocycles. The highest BCUT2D eigenvalue weighted by atomic mass is 16.3. The molecule has 0 aromatic carbocycles. The minimum atomic E-state index is 0.328. The Morgan fingerprint density at radius 2 is 2.20 bits per heavy atom. The summed E-state index contributed by atoms with van der Waals surface area (Å²) < 4.78 is 0. The number of hydrogen-bond acceptors (Lipinski definition) is 1. The number of aliphatic hydroxyl groups excluding tert-OH is 1. The maximum Gasteiger partial charge on any atom is 0.115 e. The molecule has 0 radical (unpaired) electrons. The van der Waals surface area contributed by atoms with Crippen molar-refractivity contribution in [1.29, 1.82) is 0 Å². The summed E-state index contributed by atoms with van der Waals surface area (Å²) >= 11 is 0. The summed E-state index contributed by atoms with van der Waals surface area (Å²) in [4.78, 5) is 0. The molecule has 1 aliphatic rings. The predicted molar refractivity (Wildman–Crippen MR) is 67.9 cm³/mol. The van der Waals surface area contributed by atoms with Gasteiger partial charge in [-0.2, -0.15) is 0 Å². The molecule has 1 heteroatoms. The van der Waals surface area contributed by atoms with E-state index >= 15 is 0 Å². The van der Waals surface area contributed by atoms with Crippen molar-refractivity contribution in [3.63, 3.8) is 0 Å². The number of aliphatic hydroxyl groups is 1. The fourth-order valence-corrected chi connectivity index (χ4v) is 1.10. The van der Waals surface area contributed by atoms with Crippen LogP contribution in [0.15, 0.2) is 60.4 Å². The highest BCUT2D eigenvalue weighted by Crippen LogP contribution is 2.13. The molecular weight excluding hydrogens is 184 g/mol. The lowest BCUT2D eigenvalue weighted by Crippen LogP contribution is -1.85. The normalized spacial score (nSPS) is 17.2. The molecular formula is C14H20O. The molecule has 0 spiro atoms. The van der Waals surface area contributed by atoms with Gasteiger partial charge in [0.25, 0.3) is 0 Å². The van der Waals surface area contributed by atoms with Gasteiger partial charge in [0.2, 0.25) is 0 Å². The van der Waals surface area contributed by atoms with Gasteiger partial charge in [-0.05, 0) is 30.6 Å². The van der Waals surface area contributed by atoms with Crippen LogP contribution in [0.25, 0.3) is 0 Å². The molecule has 1 N–H and O–H groups in total. The lowest BCUT2D eigenvalue weighted by molar-refractivity contribution is 0.430. The number of hydrogen-bond donors (Lipinski definition) is 1. The second-order valence-electron chi connectivity index (χ2n) is 2.87. The Morgan fingerprint density at radius 1 is 1.47 bits per heavy atom. The highest BCUT2D eigenvalue weighted by molar-refractivity contribution is 5.34. The van der Waals surface area contributed by atoms with Gasteiger partial charge in [-0.25, -0.2) is 0 Å². The first-order valence-corrected chi connectivity index (χ1v) is 5.36. The Labute approximate surface area is 92.8 Å². The predicted octanol–water partition coefficient (Wildman–Crippen LogP) is 4.47. The third-order valence-electron chi connectivity index (χ3n) is 1.72. The molecule has 0 unspecified atom stereocenters. The molecule has 0 aliphatic heterocycles. The monoisotopic (exact) mass is 204 g/mol. The Kier molecular flexibility index (Phi) is 8.16.